The zero-order chi connectivity index (χ0) is 14.4. The molecule has 4 nitrogen and oxygen atoms in total. The summed E-state index contributed by atoms with van der Waals surface area (Å²) < 4.78 is 0. The van der Waals surface area contributed by atoms with Crippen LogP contribution in [0.2, 0.25) is 0 Å². The van der Waals surface area contributed by atoms with E-state index < -0.39 is 18.0 Å². The maximum absolute atomic E-state index is 11.8. The monoisotopic (exact) mass is 286 g/mol. The largest absolute Gasteiger partial charge is 1.00 e. The standard InChI is InChI=1S/C15H20O4.Na/c1-8(14(18)19)10-4-6-15(3)7-5-11(16)9(2)12(15)13(10)17;/h5,7-8,10,13,17H,4,6H2,1-3H3,(H,18,19);/q;+1/p-1/t8-,10-,13-,15-;/m0./s1. The van der Waals surface area contributed by atoms with Crippen molar-refractivity contribution in [3.8, 4) is 0 Å². The van der Waals surface area contributed by atoms with Gasteiger partial charge >= 0.3 is 29.6 Å². The number of aliphatic carboxylic acids is 1. The number of rotatable bonds is 2. The van der Waals surface area contributed by atoms with Crippen LogP contribution >= 0.6 is 0 Å². The summed E-state index contributed by atoms with van der Waals surface area (Å²) in [5, 5.41) is 21.5. The van der Waals surface area contributed by atoms with Crippen LogP contribution in [-0.2, 0) is 9.59 Å². The zero-order valence-electron chi connectivity index (χ0n) is 12.5. The molecule has 1 N–H and O–H groups in total. The van der Waals surface area contributed by atoms with Gasteiger partial charge in [-0.3, -0.25) is 4.79 Å². The summed E-state index contributed by atoms with van der Waals surface area (Å²) in [6.07, 6.45) is 3.85. The molecule has 2 aliphatic carbocycles. The summed E-state index contributed by atoms with van der Waals surface area (Å²) in [7, 11) is 0. The van der Waals surface area contributed by atoms with E-state index >= 15 is 0 Å². The van der Waals surface area contributed by atoms with E-state index in [1.54, 1.807) is 19.9 Å². The van der Waals surface area contributed by atoms with E-state index in [1.807, 2.05) is 13.0 Å². The fourth-order valence-corrected chi connectivity index (χ4v) is 3.35. The Morgan fingerprint density at radius 1 is 1.55 bits per heavy atom. The van der Waals surface area contributed by atoms with Gasteiger partial charge in [0.15, 0.2) is 5.78 Å². The van der Waals surface area contributed by atoms with E-state index in [1.165, 1.54) is 0 Å². The topological polar surface area (TPSA) is 77.4 Å². The minimum absolute atomic E-state index is 0. The first-order chi connectivity index (χ1) is 8.78. The van der Waals surface area contributed by atoms with Crippen molar-refractivity contribution < 1.29 is 49.4 Å². The van der Waals surface area contributed by atoms with Crippen LogP contribution < -0.4 is 34.7 Å². The Hall–Kier alpha value is -0.420. The smallest absolute Gasteiger partial charge is 0.550 e. The third-order valence-electron chi connectivity index (χ3n) is 4.70. The number of hydrogen-bond donors (Lipinski definition) is 1. The molecule has 5 heteroatoms. The summed E-state index contributed by atoms with van der Waals surface area (Å²) >= 11 is 0. The van der Waals surface area contributed by atoms with Crippen LogP contribution in [0, 0.1) is 17.3 Å². The number of hydrogen-bond acceptors (Lipinski definition) is 4. The molecule has 0 aromatic carbocycles. The van der Waals surface area contributed by atoms with E-state index in [0.717, 1.165) is 6.42 Å². The van der Waals surface area contributed by atoms with E-state index in [4.69, 9.17) is 0 Å². The first-order valence-corrected chi connectivity index (χ1v) is 6.61. The van der Waals surface area contributed by atoms with Crippen LogP contribution in [0.15, 0.2) is 23.3 Å². The van der Waals surface area contributed by atoms with E-state index in [-0.39, 0.29) is 46.7 Å². The molecule has 0 unspecified atom stereocenters. The fourth-order valence-electron chi connectivity index (χ4n) is 3.35. The number of aliphatic hydroxyl groups is 1. The van der Waals surface area contributed by atoms with Crippen LogP contribution in [0.1, 0.15) is 33.6 Å². The predicted molar refractivity (Wildman–Crippen MR) is 67.9 cm³/mol. The number of carboxylic acids is 1. The average Bonchev–Trinajstić information content (AvgIpc) is 2.34. The number of fused-ring (bicyclic) bond motifs is 1. The molecule has 1 saturated carbocycles. The molecule has 2 rings (SSSR count). The van der Waals surface area contributed by atoms with Gasteiger partial charge in [0, 0.05) is 17.3 Å². The van der Waals surface area contributed by atoms with Gasteiger partial charge < -0.3 is 15.0 Å². The van der Waals surface area contributed by atoms with E-state index in [2.05, 4.69) is 0 Å². The number of aliphatic hydroxyl groups excluding tert-OH is 1. The first kappa shape index (κ1) is 17.6. The van der Waals surface area contributed by atoms with Crippen molar-refractivity contribution in [2.75, 3.05) is 0 Å². The maximum Gasteiger partial charge on any atom is 1.00 e. The van der Waals surface area contributed by atoms with Gasteiger partial charge in [0.25, 0.3) is 0 Å². The Balaban J connectivity index is 0.00000200. The van der Waals surface area contributed by atoms with Gasteiger partial charge in [0.1, 0.15) is 0 Å². The molecule has 0 spiro atoms. The van der Waals surface area contributed by atoms with Crippen molar-refractivity contribution in [3.63, 3.8) is 0 Å². The van der Waals surface area contributed by atoms with Gasteiger partial charge in [-0.1, -0.05) is 19.9 Å². The SMILES string of the molecule is CC1=C2[C@@H](O)[C@H]([C@H](C)C(=O)[O-])CC[C@@]2(C)C=CC1=O.[Na+]. The molecule has 0 aromatic rings. The molecule has 0 aliphatic heterocycles. The molecule has 0 saturated heterocycles. The molecule has 0 radical (unpaired) electrons. The molecule has 2 aliphatic rings. The molecule has 4 atom stereocenters. The summed E-state index contributed by atoms with van der Waals surface area (Å²) in [6.45, 7) is 5.24. The second-order valence-corrected chi connectivity index (χ2v) is 5.91. The summed E-state index contributed by atoms with van der Waals surface area (Å²) in [6, 6.07) is 0. The second-order valence-electron chi connectivity index (χ2n) is 5.91. The Morgan fingerprint density at radius 3 is 2.70 bits per heavy atom. The van der Waals surface area contributed by atoms with Crippen molar-refractivity contribution >= 4 is 11.8 Å². The Kier molecular flexibility index (Phi) is 5.41. The van der Waals surface area contributed by atoms with Crippen molar-refractivity contribution in [2.24, 2.45) is 17.3 Å². The number of ketones is 1. The molecular formula is C15H19NaO4. The van der Waals surface area contributed by atoms with Gasteiger partial charge in [-0.2, -0.15) is 0 Å². The normalized spacial score (nSPS) is 34.3. The Labute approximate surface area is 141 Å². The van der Waals surface area contributed by atoms with E-state index in [9.17, 15) is 19.8 Å². The van der Waals surface area contributed by atoms with Crippen LogP contribution in [-0.4, -0.2) is 23.0 Å². The Morgan fingerprint density at radius 2 is 2.15 bits per heavy atom. The van der Waals surface area contributed by atoms with Gasteiger partial charge in [-0.05, 0) is 42.9 Å². The summed E-state index contributed by atoms with van der Waals surface area (Å²) in [5.41, 5.74) is 0.900. The van der Waals surface area contributed by atoms with Crippen LogP contribution in [0.25, 0.3) is 0 Å². The molecule has 0 bridgehead atoms. The molecule has 0 heterocycles. The van der Waals surface area contributed by atoms with Crippen molar-refractivity contribution in [1.82, 2.24) is 0 Å². The van der Waals surface area contributed by atoms with Gasteiger partial charge in [0.2, 0.25) is 0 Å². The molecule has 0 amide bonds. The second kappa shape index (κ2) is 6.14. The number of carbonyl (C=O) groups excluding carboxylic acids is 2. The quantitative estimate of drug-likeness (QED) is 0.575. The van der Waals surface area contributed by atoms with Crippen LogP contribution in [0.3, 0.4) is 0 Å². The number of carboxylic acid groups (broad SMARTS) is 1. The predicted octanol–water partition coefficient (Wildman–Crippen LogP) is -2.39. The summed E-state index contributed by atoms with van der Waals surface area (Å²) in [4.78, 5) is 22.8. The Bertz CT molecular complexity index is 494. The van der Waals surface area contributed by atoms with Crippen LogP contribution in [0.4, 0.5) is 0 Å². The third-order valence-corrected chi connectivity index (χ3v) is 4.70. The van der Waals surface area contributed by atoms with Gasteiger partial charge in [-0.25, -0.2) is 0 Å². The number of carbonyl (C=O) groups is 2. The van der Waals surface area contributed by atoms with E-state index in [0.29, 0.717) is 17.6 Å². The average molecular weight is 286 g/mol. The molecular weight excluding hydrogens is 267 g/mol. The van der Waals surface area contributed by atoms with Crippen molar-refractivity contribution in [2.45, 2.75) is 39.7 Å². The zero-order valence-corrected chi connectivity index (χ0v) is 14.5. The van der Waals surface area contributed by atoms with Crippen molar-refractivity contribution in [3.05, 3.63) is 23.3 Å². The first-order valence-electron chi connectivity index (χ1n) is 6.61. The van der Waals surface area contributed by atoms with Crippen LogP contribution in [0.5, 0.6) is 0 Å². The van der Waals surface area contributed by atoms with Gasteiger partial charge in [-0.15, -0.1) is 0 Å². The number of allylic oxidation sites excluding steroid dienone is 3. The molecule has 20 heavy (non-hydrogen) atoms. The fraction of sp³-hybridized carbons (Fsp3) is 0.600. The third kappa shape index (κ3) is 2.80. The minimum Gasteiger partial charge on any atom is -0.550 e. The maximum atomic E-state index is 11.8. The van der Waals surface area contributed by atoms with Gasteiger partial charge in [0.05, 0.1) is 6.10 Å². The summed E-state index contributed by atoms with van der Waals surface area (Å²) in [5.74, 6) is -2.36. The molecule has 1 fully saturated rings. The minimum atomic E-state index is -1.15. The van der Waals surface area contributed by atoms with Crippen molar-refractivity contribution in [1.29, 1.82) is 0 Å². The molecule has 104 valence electrons. The molecule has 0 aromatic heterocycles.